The summed E-state index contributed by atoms with van der Waals surface area (Å²) in [7, 11) is 0. The van der Waals surface area contributed by atoms with Crippen molar-refractivity contribution in [3.05, 3.63) is 58.9 Å². The standard InChI is InChI=1S/C16H15F3N2O/c1-9-4-3-5-10(2)16(9)21-13(22)8-20-12-7-6-11(17)14(18)15(12)19/h3-7,20H,8H2,1-2H3,(H,21,22). The Hall–Kier alpha value is -2.50. The zero-order valence-corrected chi connectivity index (χ0v) is 12.1. The second kappa shape index (κ2) is 6.51. The van der Waals surface area contributed by atoms with Crippen LogP contribution in [0.15, 0.2) is 30.3 Å². The zero-order chi connectivity index (χ0) is 16.3. The minimum Gasteiger partial charge on any atom is -0.374 e. The molecule has 2 N–H and O–H groups in total. The van der Waals surface area contributed by atoms with Crippen LogP contribution in [0, 0.1) is 31.3 Å². The lowest BCUT2D eigenvalue weighted by Crippen LogP contribution is -2.23. The predicted octanol–water partition coefficient (Wildman–Crippen LogP) is 3.77. The topological polar surface area (TPSA) is 41.1 Å². The van der Waals surface area contributed by atoms with Gasteiger partial charge < -0.3 is 10.6 Å². The number of carbonyl (C=O) groups excluding carboxylic acids is 1. The molecule has 2 aromatic carbocycles. The Morgan fingerprint density at radius 3 is 2.27 bits per heavy atom. The highest BCUT2D eigenvalue weighted by atomic mass is 19.2. The molecule has 0 aliphatic heterocycles. The van der Waals surface area contributed by atoms with Crippen molar-refractivity contribution in [1.82, 2.24) is 0 Å². The lowest BCUT2D eigenvalue weighted by molar-refractivity contribution is -0.114. The van der Waals surface area contributed by atoms with Crippen molar-refractivity contribution >= 4 is 17.3 Å². The first kappa shape index (κ1) is 15.9. The molecule has 0 aliphatic rings. The fraction of sp³-hybridized carbons (Fsp3) is 0.188. The number of para-hydroxylation sites is 1. The van der Waals surface area contributed by atoms with Crippen LogP contribution in [0.4, 0.5) is 24.5 Å². The molecule has 0 bridgehead atoms. The maximum atomic E-state index is 13.5. The van der Waals surface area contributed by atoms with Gasteiger partial charge in [0.25, 0.3) is 0 Å². The lowest BCUT2D eigenvalue weighted by atomic mass is 10.1. The monoisotopic (exact) mass is 308 g/mol. The van der Waals surface area contributed by atoms with Crippen LogP contribution in [0.5, 0.6) is 0 Å². The SMILES string of the molecule is Cc1cccc(C)c1NC(=O)CNc1ccc(F)c(F)c1F. The minimum absolute atomic E-state index is 0.268. The van der Waals surface area contributed by atoms with Crippen molar-refractivity contribution in [2.24, 2.45) is 0 Å². The summed E-state index contributed by atoms with van der Waals surface area (Å²) in [5.41, 5.74) is 2.20. The van der Waals surface area contributed by atoms with Crippen molar-refractivity contribution in [3.8, 4) is 0 Å². The first-order chi connectivity index (χ1) is 10.4. The number of aryl methyl sites for hydroxylation is 2. The Morgan fingerprint density at radius 1 is 1.00 bits per heavy atom. The number of anilines is 2. The summed E-state index contributed by atoms with van der Waals surface area (Å²) in [6.45, 7) is 3.44. The van der Waals surface area contributed by atoms with Gasteiger partial charge in [-0.05, 0) is 37.1 Å². The fourth-order valence-corrected chi connectivity index (χ4v) is 2.03. The quantitative estimate of drug-likeness (QED) is 0.844. The van der Waals surface area contributed by atoms with E-state index < -0.39 is 23.4 Å². The molecule has 1 amide bonds. The van der Waals surface area contributed by atoms with Gasteiger partial charge in [0.1, 0.15) is 0 Å². The van der Waals surface area contributed by atoms with Gasteiger partial charge in [0.2, 0.25) is 5.91 Å². The van der Waals surface area contributed by atoms with E-state index in [9.17, 15) is 18.0 Å². The van der Waals surface area contributed by atoms with Gasteiger partial charge in [0.05, 0.1) is 12.2 Å². The van der Waals surface area contributed by atoms with E-state index in [1.54, 1.807) is 0 Å². The summed E-state index contributed by atoms with van der Waals surface area (Å²) in [6, 6.07) is 7.41. The Bertz CT molecular complexity index is 697. The number of nitrogens with one attached hydrogen (secondary N) is 2. The molecule has 0 saturated heterocycles. The van der Waals surface area contributed by atoms with Gasteiger partial charge in [-0.3, -0.25) is 4.79 Å². The molecule has 0 aromatic heterocycles. The van der Waals surface area contributed by atoms with Gasteiger partial charge in [-0.2, -0.15) is 0 Å². The normalized spacial score (nSPS) is 10.4. The smallest absolute Gasteiger partial charge is 0.243 e. The van der Waals surface area contributed by atoms with Crippen molar-refractivity contribution in [3.63, 3.8) is 0 Å². The summed E-state index contributed by atoms with van der Waals surface area (Å²) in [4.78, 5) is 11.9. The van der Waals surface area contributed by atoms with Crippen LogP contribution in [-0.2, 0) is 4.79 Å². The van der Waals surface area contributed by atoms with Gasteiger partial charge in [0, 0.05) is 5.69 Å². The zero-order valence-electron chi connectivity index (χ0n) is 12.1. The second-order valence-corrected chi connectivity index (χ2v) is 4.89. The van der Waals surface area contributed by atoms with Crippen molar-refractivity contribution in [2.45, 2.75) is 13.8 Å². The summed E-state index contributed by atoms with van der Waals surface area (Å²) < 4.78 is 39.3. The predicted molar refractivity (Wildman–Crippen MR) is 79.4 cm³/mol. The lowest BCUT2D eigenvalue weighted by Gasteiger charge is -2.12. The Balaban J connectivity index is 2.04. The molecule has 0 aliphatic carbocycles. The minimum atomic E-state index is -1.57. The van der Waals surface area contributed by atoms with Gasteiger partial charge in [-0.1, -0.05) is 18.2 Å². The van der Waals surface area contributed by atoms with Crippen molar-refractivity contribution < 1.29 is 18.0 Å². The Labute approximate surface area is 126 Å². The van der Waals surface area contributed by atoms with Gasteiger partial charge in [0.15, 0.2) is 17.5 Å². The third-order valence-electron chi connectivity index (χ3n) is 3.22. The molecule has 6 heteroatoms. The first-order valence-corrected chi connectivity index (χ1v) is 6.63. The molecule has 116 valence electrons. The average molecular weight is 308 g/mol. The van der Waals surface area contributed by atoms with Crippen LogP contribution < -0.4 is 10.6 Å². The number of benzene rings is 2. The second-order valence-electron chi connectivity index (χ2n) is 4.89. The number of rotatable bonds is 4. The molecule has 0 spiro atoms. The summed E-state index contributed by atoms with van der Waals surface area (Å²) in [6.07, 6.45) is 0. The maximum Gasteiger partial charge on any atom is 0.243 e. The van der Waals surface area contributed by atoms with Gasteiger partial charge >= 0.3 is 0 Å². The molecule has 22 heavy (non-hydrogen) atoms. The summed E-state index contributed by atoms with van der Waals surface area (Å²) in [5, 5.41) is 5.15. The highest BCUT2D eigenvalue weighted by Gasteiger charge is 2.14. The van der Waals surface area contributed by atoms with Crippen LogP contribution in [-0.4, -0.2) is 12.5 Å². The van der Waals surface area contributed by atoms with Crippen molar-refractivity contribution in [2.75, 3.05) is 17.2 Å². The molecule has 0 unspecified atom stereocenters. The number of amides is 1. The van der Waals surface area contributed by atoms with E-state index in [1.165, 1.54) is 0 Å². The molecule has 2 rings (SSSR count). The van der Waals surface area contributed by atoms with Crippen LogP contribution in [0.1, 0.15) is 11.1 Å². The van der Waals surface area contributed by atoms with Crippen LogP contribution in [0.2, 0.25) is 0 Å². The molecule has 0 saturated carbocycles. The third-order valence-corrected chi connectivity index (χ3v) is 3.22. The van der Waals surface area contributed by atoms with E-state index in [1.807, 2.05) is 32.0 Å². The third kappa shape index (κ3) is 3.39. The number of halogens is 3. The van der Waals surface area contributed by atoms with E-state index in [2.05, 4.69) is 10.6 Å². The molecule has 0 radical (unpaired) electrons. The number of hydrogen-bond acceptors (Lipinski definition) is 2. The van der Waals surface area contributed by atoms with Gasteiger partial charge in [-0.15, -0.1) is 0 Å². The van der Waals surface area contributed by atoms with E-state index in [0.29, 0.717) is 5.69 Å². The van der Waals surface area contributed by atoms with Gasteiger partial charge in [-0.25, -0.2) is 13.2 Å². The Morgan fingerprint density at radius 2 is 1.64 bits per heavy atom. The first-order valence-electron chi connectivity index (χ1n) is 6.63. The maximum absolute atomic E-state index is 13.5. The summed E-state index contributed by atoms with van der Waals surface area (Å²) >= 11 is 0. The van der Waals surface area contributed by atoms with E-state index >= 15 is 0 Å². The van der Waals surface area contributed by atoms with E-state index in [0.717, 1.165) is 23.3 Å². The highest BCUT2D eigenvalue weighted by Crippen LogP contribution is 2.21. The Kier molecular flexibility index (Phi) is 4.70. The molecule has 2 aromatic rings. The molecule has 0 heterocycles. The molecule has 0 fully saturated rings. The fourth-order valence-electron chi connectivity index (χ4n) is 2.03. The molecular weight excluding hydrogens is 293 g/mol. The molecule has 3 nitrogen and oxygen atoms in total. The largest absolute Gasteiger partial charge is 0.374 e. The summed E-state index contributed by atoms with van der Waals surface area (Å²) in [5.74, 6) is -4.61. The number of carbonyl (C=O) groups is 1. The van der Waals surface area contributed by atoms with Crippen LogP contribution in [0.3, 0.4) is 0 Å². The van der Waals surface area contributed by atoms with E-state index in [-0.39, 0.29) is 12.2 Å². The van der Waals surface area contributed by atoms with E-state index in [4.69, 9.17) is 0 Å². The molecular formula is C16H15F3N2O. The average Bonchev–Trinajstić information content (AvgIpc) is 2.48. The van der Waals surface area contributed by atoms with Crippen molar-refractivity contribution in [1.29, 1.82) is 0 Å². The van der Waals surface area contributed by atoms with Crippen LogP contribution >= 0.6 is 0 Å². The number of hydrogen-bond donors (Lipinski definition) is 2. The molecule has 0 atom stereocenters. The van der Waals surface area contributed by atoms with Crippen LogP contribution in [0.25, 0.3) is 0 Å². The highest BCUT2D eigenvalue weighted by molar-refractivity contribution is 5.95.